The Morgan fingerprint density at radius 2 is 2.00 bits per heavy atom. The number of fused-ring (bicyclic) bond motifs is 1. The fraction of sp³-hybridized carbons (Fsp3) is 0.235. The zero-order valence-electron chi connectivity index (χ0n) is 11.9. The topological polar surface area (TPSA) is 29.9 Å². The van der Waals surface area contributed by atoms with Crippen LogP contribution in [-0.2, 0) is 13.1 Å². The average molecular weight is 265 g/mol. The van der Waals surface area contributed by atoms with Gasteiger partial charge in [0.05, 0.1) is 12.2 Å². The first-order valence-corrected chi connectivity index (χ1v) is 6.91. The standard InChI is InChI=1S/C17H19N3/c1-13-6-5-9-19-16(13)12-20-11-14(10-18-2)15-7-3-4-8-17(15)20/h3-9,11,18H,10,12H2,1-2H3. The van der Waals surface area contributed by atoms with E-state index in [1.165, 1.54) is 22.0 Å². The Morgan fingerprint density at radius 1 is 1.15 bits per heavy atom. The molecular formula is C17H19N3. The number of nitrogens with zero attached hydrogens (tertiary/aromatic N) is 2. The fourth-order valence-electron chi connectivity index (χ4n) is 2.63. The molecule has 0 saturated heterocycles. The normalized spacial score (nSPS) is 11.1. The van der Waals surface area contributed by atoms with Gasteiger partial charge in [-0.1, -0.05) is 24.3 Å². The molecule has 0 unspecified atom stereocenters. The molecule has 3 rings (SSSR count). The zero-order chi connectivity index (χ0) is 13.9. The minimum atomic E-state index is 0.816. The van der Waals surface area contributed by atoms with Crippen LogP contribution >= 0.6 is 0 Å². The summed E-state index contributed by atoms with van der Waals surface area (Å²) in [6, 6.07) is 12.6. The first kappa shape index (κ1) is 12.9. The number of para-hydroxylation sites is 1. The quantitative estimate of drug-likeness (QED) is 0.785. The maximum Gasteiger partial charge on any atom is 0.0651 e. The van der Waals surface area contributed by atoms with Gasteiger partial charge in [-0.3, -0.25) is 4.98 Å². The van der Waals surface area contributed by atoms with Crippen LogP contribution in [0.2, 0.25) is 0 Å². The third kappa shape index (κ3) is 2.32. The monoisotopic (exact) mass is 265 g/mol. The van der Waals surface area contributed by atoms with Gasteiger partial charge in [0.25, 0.3) is 0 Å². The number of pyridine rings is 1. The van der Waals surface area contributed by atoms with E-state index in [-0.39, 0.29) is 0 Å². The lowest BCUT2D eigenvalue weighted by atomic mass is 10.2. The number of aryl methyl sites for hydroxylation is 1. The number of nitrogens with one attached hydrogen (secondary N) is 1. The molecule has 0 aliphatic heterocycles. The van der Waals surface area contributed by atoms with Crippen molar-refractivity contribution in [3.8, 4) is 0 Å². The minimum Gasteiger partial charge on any atom is -0.341 e. The minimum absolute atomic E-state index is 0.816. The van der Waals surface area contributed by atoms with Gasteiger partial charge in [-0.05, 0) is 37.2 Å². The predicted molar refractivity (Wildman–Crippen MR) is 82.8 cm³/mol. The van der Waals surface area contributed by atoms with Crippen LogP contribution in [0, 0.1) is 6.92 Å². The molecule has 3 aromatic rings. The number of benzene rings is 1. The Hall–Kier alpha value is -2.13. The summed E-state index contributed by atoms with van der Waals surface area (Å²) in [5, 5.41) is 4.55. The van der Waals surface area contributed by atoms with Crippen LogP contribution in [0.3, 0.4) is 0 Å². The SMILES string of the molecule is CNCc1cn(Cc2ncccc2C)c2ccccc12. The van der Waals surface area contributed by atoms with Crippen LogP contribution in [0.4, 0.5) is 0 Å². The molecule has 2 heterocycles. The molecule has 1 N–H and O–H groups in total. The molecular weight excluding hydrogens is 246 g/mol. The van der Waals surface area contributed by atoms with E-state index in [1.807, 2.05) is 19.3 Å². The Labute approximate surface area is 119 Å². The molecule has 0 bridgehead atoms. The van der Waals surface area contributed by atoms with Crippen molar-refractivity contribution in [2.24, 2.45) is 0 Å². The van der Waals surface area contributed by atoms with Gasteiger partial charge in [0.15, 0.2) is 0 Å². The van der Waals surface area contributed by atoms with E-state index in [0.29, 0.717) is 0 Å². The van der Waals surface area contributed by atoms with E-state index in [4.69, 9.17) is 0 Å². The van der Waals surface area contributed by atoms with Crippen molar-refractivity contribution in [1.29, 1.82) is 0 Å². The molecule has 0 atom stereocenters. The van der Waals surface area contributed by atoms with Gasteiger partial charge in [0.1, 0.15) is 0 Å². The number of hydrogen-bond acceptors (Lipinski definition) is 2. The average Bonchev–Trinajstić information content (AvgIpc) is 2.81. The Balaban J connectivity index is 2.05. The molecule has 3 nitrogen and oxygen atoms in total. The Bertz CT molecular complexity index is 728. The molecule has 0 amide bonds. The second kappa shape index (κ2) is 5.47. The van der Waals surface area contributed by atoms with E-state index >= 15 is 0 Å². The lowest BCUT2D eigenvalue weighted by Gasteiger charge is -2.07. The molecule has 20 heavy (non-hydrogen) atoms. The molecule has 1 aromatic carbocycles. The third-order valence-corrected chi connectivity index (χ3v) is 3.68. The second-order valence-corrected chi connectivity index (χ2v) is 5.10. The summed E-state index contributed by atoms with van der Waals surface area (Å²) < 4.78 is 2.29. The molecule has 0 aliphatic carbocycles. The van der Waals surface area contributed by atoms with E-state index in [0.717, 1.165) is 18.8 Å². The lowest BCUT2D eigenvalue weighted by molar-refractivity contribution is 0.778. The molecule has 0 fully saturated rings. The number of aromatic nitrogens is 2. The van der Waals surface area contributed by atoms with Gasteiger partial charge in [-0.15, -0.1) is 0 Å². The van der Waals surface area contributed by atoms with E-state index in [1.54, 1.807) is 0 Å². The van der Waals surface area contributed by atoms with Gasteiger partial charge < -0.3 is 9.88 Å². The third-order valence-electron chi connectivity index (χ3n) is 3.68. The zero-order valence-corrected chi connectivity index (χ0v) is 11.9. The van der Waals surface area contributed by atoms with Gasteiger partial charge >= 0.3 is 0 Å². The predicted octanol–water partition coefficient (Wildman–Crippen LogP) is 3.11. The van der Waals surface area contributed by atoms with Crippen LogP contribution in [0.5, 0.6) is 0 Å². The number of hydrogen-bond donors (Lipinski definition) is 1. The number of rotatable bonds is 4. The first-order chi connectivity index (χ1) is 9.79. The maximum atomic E-state index is 4.50. The van der Waals surface area contributed by atoms with Gasteiger partial charge in [-0.25, -0.2) is 0 Å². The summed E-state index contributed by atoms with van der Waals surface area (Å²) in [7, 11) is 1.98. The van der Waals surface area contributed by atoms with Crippen LogP contribution in [-0.4, -0.2) is 16.6 Å². The van der Waals surface area contributed by atoms with Crippen molar-refractivity contribution in [3.63, 3.8) is 0 Å². The van der Waals surface area contributed by atoms with Crippen LogP contribution in [0.25, 0.3) is 10.9 Å². The van der Waals surface area contributed by atoms with Crippen LogP contribution < -0.4 is 5.32 Å². The van der Waals surface area contributed by atoms with Crippen molar-refractivity contribution in [2.75, 3.05) is 7.05 Å². The highest BCUT2D eigenvalue weighted by Gasteiger charge is 2.09. The van der Waals surface area contributed by atoms with Crippen molar-refractivity contribution in [2.45, 2.75) is 20.0 Å². The summed E-state index contributed by atoms with van der Waals surface area (Å²) in [6.07, 6.45) is 4.10. The fourth-order valence-corrected chi connectivity index (χ4v) is 2.63. The van der Waals surface area contributed by atoms with E-state index < -0.39 is 0 Å². The largest absolute Gasteiger partial charge is 0.341 e. The summed E-state index contributed by atoms with van der Waals surface area (Å²) in [6.45, 7) is 3.81. The molecule has 0 spiro atoms. The van der Waals surface area contributed by atoms with Crippen molar-refractivity contribution >= 4 is 10.9 Å². The summed E-state index contributed by atoms with van der Waals surface area (Å²) in [5.74, 6) is 0. The second-order valence-electron chi connectivity index (χ2n) is 5.10. The maximum absolute atomic E-state index is 4.50. The smallest absolute Gasteiger partial charge is 0.0651 e. The molecule has 2 aromatic heterocycles. The van der Waals surface area contributed by atoms with E-state index in [2.05, 4.69) is 58.3 Å². The summed E-state index contributed by atoms with van der Waals surface area (Å²) in [5.41, 5.74) is 4.96. The molecule has 0 radical (unpaired) electrons. The van der Waals surface area contributed by atoms with Gasteiger partial charge in [-0.2, -0.15) is 0 Å². The van der Waals surface area contributed by atoms with Crippen LogP contribution in [0.1, 0.15) is 16.8 Å². The summed E-state index contributed by atoms with van der Waals surface area (Å²) >= 11 is 0. The highest BCUT2D eigenvalue weighted by Crippen LogP contribution is 2.22. The van der Waals surface area contributed by atoms with Crippen molar-refractivity contribution in [1.82, 2.24) is 14.9 Å². The molecule has 102 valence electrons. The highest BCUT2D eigenvalue weighted by atomic mass is 15.0. The molecule has 0 aliphatic rings. The first-order valence-electron chi connectivity index (χ1n) is 6.91. The molecule has 0 saturated carbocycles. The Kier molecular flexibility index (Phi) is 3.52. The lowest BCUT2D eigenvalue weighted by Crippen LogP contribution is -2.05. The van der Waals surface area contributed by atoms with Crippen molar-refractivity contribution in [3.05, 3.63) is 65.6 Å². The van der Waals surface area contributed by atoms with E-state index in [9.17, 15) is 0 Å². The molecule has 3 heteroatoms. The van der Waals surface area contributed by atoms with Crippen molar-refractivity contribution < 1.29 is 0 Å². The Morgan fingerprint density at radius 3 is 2.80 bits per heavy atom. The van der Waals surface area contributed by atoms with Crippen LogP contribution in [0.15, 0.2) is 48.8 Å². The highest BCUT2D eigenvalue weighted by molar-refractivity contribution is 5.84. The van der Waals surface area contributed by atoms with Gasteiger partial charge in [0, 0.05) is 29.8 Å². The van der Waals surface area contributed by atoms with Gasteiger partial charge in [0.2, 0.25) is 0 Å². The summed E-state index contributed by atoms with van der Waals surface area (Å²) in [4.78, 5) is 4.50.